The molecule has 130 valence electrons. The van der Waals surface area contributed by atoms with E-state index in [2.05, 4.69) is 30.0 Å². The zero-order valence-electron chi connectivity index (χ0n) is 14.2. The highest BCUT2D eigenvalue weighted by Gasteiger charge is 2.16. The van der Waals surface area contributed by atoms with Gasteiger partial charge in [-0.05, 0) is 19.1 Å². The van der Waals surface area contributed by atoms with Gasteiger partial charge in [-0.3, -0.25) is 9.69 Å². The Morgan fingerprint density at radius 3 is 2.67 bits per heavy atom. The molecule has 0 aliphatic carbocycles. The van der Waals surface area contributed by atoms with Crippen molar-refractivity contribution in [3.63, 3.8) is 0 Å². The maximum atomic E-state index is 12.5. The molecule has 0 N–H and O–H groups in total. The average Bonchev–Trinajstić information content (AvgIpc) is 2.62. The van der Waals surface area contributed by atoms with Crippen molar-refractivity contribution in [3.8, 4) is 6.07 Å². The second-order valence-corrected chi connectivity index (χ2v) is 6.89. The summed E-state index contributed by atoms with van der Waals surface area (Å²) < 4.78 is 5.35. The van der Waals surface area contributed by atoms with Gasteiger partial charge in [-0.25, -0.2) is 0 Å². The van der Waals surface area contributed by atoms with E-state index < -0.39 is 0 Å². The number of nitrogens with zero attached hydrogens (tertiary/aromatic N) is 3. The van der Waals surface area contributed by atoms with Gasteiger partial charge in [0.1, 0.15) is 0 Å². The molecule has 24 heavy (non-hydrogen) atoms. The number of benzene rings is 1. The number of nitriles is 1. The summed E-state index contributed by atoms with van der Waals surface area (Å²) in [4.78, 5) is 17.7. The van der Waals surface area contributed by atoms with Crippen molar-refractivity contribution in [2.24, 2.45) is 0 Å². The third-order valence-corrected chi connectivity index (χ3v) is 5.02. The Morgan fingerprint density at radius 2 is 2.00 bits per heavy atom. The summed E-state index contributed by atoms with van der Waals surface area (Å²) >= 11 is 1.55. The number of amides is 1. The third kappa shape index (κ3) is 6.52. The Labute approximate surface area is 148 Å². The molecule has 0 unspecified atom stereocenters. The lowest BCUT2D eigenvalue weighted by molar-refractivity contribution is -0.128. The molecule has 1 aromatic carbocycles. The minimum Gasteiger partial charge on any atom is -0.379 e. The summed E-state index contributed by atoms with van der Waals surface area (Å²) in [5.41, 5.74) is 1.21. The molecule has 2 rings (SSSR count). The monoisotopic (exact) mass is 347 g/mol. The highest BCUT2D eigenvalue weighted by Crippen LogP contribution is 2.18. The van der Waals surface area contributed by atoms with Crippen LogP contribution in [0.25, 0.3) is 0 Å². The molecule has 1 aliphatic heterocycles. The molecule has 0 saturated carbocycles. The lowest BCUT2D eigenvalue weighted by atomic mass is 10.2. The Balaban J connectivity index is 1.81. The largest absolute Gasteiger partial charge is 0.379 e. The van der Waals surface area contributed by atoms with Crippen LogP contribution in [0.15, 0.2) is 29.2 Å². The first-order chi connectivity index (χ1) is 11.7. The van der Waals surface area contributed by atoms with Crippen LogP contribution in [-0.4, -0.2) is 67.4 Å². The van der Waals surface area contributed by atoms with E-state index in [9.17, 15) is 4.79 Å². The van der Waals surface area contributed by atoms with Gasteiger partial charge >= 0.3 is 0 Å². The van der Waals surface area contributed by atoms with Crippen LogP contribution in [0.3, 0.4) is 0 Å². The molecule has 0 aromatic heterocycles. The fourth-order valence-corrected chi connectivity index (χ4v) is 3.31. The number of carbonyl (C=O) groups is 1. The quantitative estimate of drug-likeness (QED) is 0.675. The topological polar surface area (TPSA) is 56.6 Å². The van der Waals surface area contributed by atoms with E-state index in [4.69, 9.17) is 10.00 Å². The number of thioether (sulfide) groups is 1. The van der Waals surface area contributed by atoms with Gasteiger partial charge < -0.3 is 9.64 Å². The van der Waals surface area contributed by atoms with E-state index in [0.29, 0.717) is 25.3 Å². The van der Waals surface area contributed by atoms with Crippen LogP contribution in [0.4, 0.5) is 0 Å². The molecule has 0 radical (unpaired) electrons. The van der Waals surface area contributed by atoms with E-state index in [1.807, 2.05) is 17.0 Å². The molecule has 1 heterocycles. The van der Waals surface area contributed by atoms with E-state index in [1.165, 1.54) is 5.56 Å². The highest BCUT2D eigenvalue weighted by atomic mass is 32.2. The molecule has 0 atom stereocenters. The number of ether oxygens (including phenoxy) is 1. The summed E-state index contributed by atoms with van der Waals surface area (Å²) in [6.45, 7) is 7.43. The van der Waals surface area contributed by atoms with Gasteiger partial charge in [-0.15, -0.1) is 11.8 Å². The van der Waals surface area contributed by atoms with Gasteiger partial charge in [0, 0.05) is 37.6 Å². The third-order valence-electron chi connectivity index (χ3n) is 4.02. The Kier molecular flexibility index (Phi) is 8.10. The summed E-state index contributed by atoms with van der Waals surface area (Å²) in [5.74, 6) is 0.515. The molecule has 6 heteroatoms. The zero-order valence-corrected chi connectivity index (χ0v) is 15.1. The molecule has 1 aromatic rings. The molecule has 1 fully saturated rings. The molecular formula is C18H25N3O2S. The van der Waals surface area contributed by atoms with Crippen LogP contribution in [0.1, 0.15) is 12.0 Å². The van der Waals surface area contributed by atoms with Crippen molar-refractivity contribution in [1.82, 2.24) is 9.80 Å². The summed E-state index contributed by atoms with van der Waals surface area (Å²) in [7, 11) is 0. The van der Waals surface area contributed by atoms with Crippen LogP contribution in [0.5, 0.6) is 0 Å². The Hall–Kier alpha value is -1.55. The molecular weight excluding hydrogens is 322 g/mol. The fraction of sp³-hybridized carbons (Fsp3) is 0.556. The highest BCUT2D eigenvalue weighted by molar-refractivity contribution is 8.00. The predicted octanol–water partition coefficient (Wildman–Crippen LogP) is 2.16. The Morgan fingerprint density at radius 1 is 1.29 bits per heavy atom. The van der Waals surface area contributed by atoms with Gasteiger partial charge in [0.2, 0.25) is 5.91 Å². The first kappa shape index (κ1) is 18.8. The first-order valence-electron chi connectivity index (χ1n) is 8.33. The molecule has 0 bridgehead atoms. The number of carbonyl (C=O) groups excluding carboxylic acids is 1. The number of morpholine rings is 1. The second-order valence-electron chi connectivity index (χ2n) is 5.84. The van der Waals surface area contributed by atoms with Crippen LogP contribution in [-0.2, 0) is 9.53 Å². The van der Waals surface area contributed by atoms with Gasteiger partial charge in [-0.1, -0.05) is 17.7 Å². The Bertz CT molecular complexity index is 550. The molecule has 1 amide bonds. The average molecular weight is 347 g/mol. The summed E-state index contributed by atoms with van der Waals surface area (Å²) in [5, 5.41) is 8.83. The van der Waals surface area contributed by atoms with Gasteiger partial charge in [0.05, 0.1) is 31.5 Å². The smallest absolute Gasteiger partial charge is 0.233 e. The predicted molar refractivity (Wildman–Crippen MR) is 96.0 cm³/mol. The summed E-state index contributed by atoms with van der Waals surface area (Å²) in [6.07, 6.45) is 0.379. The van der Waals surface area contributed by atoms with Crippen LogP contribution >= 0.6 is 11.8 Å². The van der Waals surface area contributed by atoms with Crippen molar-refractivity contribution < 1.29 is 9.53 Å². The first-order valence-corrected chi connectivity index (χ1v) is 9.32. The fourth-order valence-electron chi connectivity index (χ4n) is 2.50. The summed E-state index contributed by atoms with van der Waals surface area (Å²) in [6, 6.07) is 10.3. The van der Waals surface area contributed by atoms with Crippen molar-refractivity contribution in [2.75, 3.05) is 51.7 Å². The van der Waals surface area contributed by atoms with Crippen molar-refractivity contribution in [2.45, 2.75) is 18.2 Å². The van der Waals surface area contributed by atoms with E-state index in [0.717, 1.165) is 37.7 Å². The number of aryl methyl sites for hydroxylation is 1. The van der Waals surface area contributed by atoms with Gasteiger partial charge in [0.25, 0.3) is 0 Å². The van der Waals surface area contributed by atoms with Crippen LogP contribution in [0, 0.1) is 18.3 Å². The van der Waals surface area contributed by atoms with Crippen molar-refractivity contribution in [3.05, 3.63) is 29.8 Å². The van der Waals surface area contributed by atoms with Gasteiger partial charge in [0.15, 0.2) is 0 Å². The number of hydrogen-bond donors (Lipinski definition) is 0. The maximum absolute atomic E-state index is 12.5. The lowest BCUT2D eigenvalue weighted by Gasteiger charge is -2.29. The van der Waals surface area contributed by atoms with E-state index >= 15 is 0 Å². The van der Waals surface area contributed by atoms with E-state index in [-0.39, 0.29) is 5.91 Å². The molecule has 1 saturated heterocycles. The minimum atomic E-state index is 0.101. The number of hydrogen-bond acceptors (Lipinski definition) is 5. The van der Waals surface area contributed by atoms with E-state index in [1.54, 1.807) is 11.8 Å². The zero-order chi connectivity index (χ0) is 17.2. The molecule has 0 spiro atoms. The van der Waals surface area contributed by atoms with Gasteiger partial charge in [-0.2, -0.15) is 5.26 Å². The van der Waals surface area contributed by atoms with Crippen LogP contribution in [0.2, 0.25) is 0 Å². The SMILES string of the molecule is Cc1ccc(SCC(=O)N(CCC#N)CCN2CCOCC2)cc1. The molecule has 5 nitrogen and oxygen atoms in total. The maximum Gasteiger partial charge on any atom is 0.233 e. The normalized spacial score (nSPS) is 15.0. The standard InChI is InChI=1S/C18H25N3O2S/c1-16-3-5-17(6-4-16)24-15-18(22)21(8-2-7-19)10-9-20-11-13-23-14-12-20/h3-6H,2,8-15H2,1H3. The molecule has 1 aliphatic rings. The minimum absolute atomic E-state index is 0.101. The number of rotatable bonds is 8. The van der Waals surface area contributed by atoms with Crippen molar-refractivity contribution in [1.29, 1.82) is 5.26 Å². The van der Waals surface area contributed by atoms with Crippen LogP contribution < -0.4 is 0 Å². The van der Waals surface area contributed by atoms with Crippen molar-refractivity contribution >= 4 is 17.7 Å². The second kappa shape index (κ2) is 10.3. The lowest BCUT2D eigenvalue weighted by Crippen LogP contribution is -2.43.